The normalized spacial score (nSPS) is 11.3. The van der Waals surface area contributed by atoms with Gasteiger partial charge in [0.05, 0.1) is 31.4 Å². The predicted octanol–water partition coefficient (Wildman–Crippen LogP) is 3.99. The lowest BCUT2D eigenvalue weighted by molar-refractivity contribution is -0.125. The summed E-state index contributed by atoms with van der Waals surface area (Å²) in [5.41, 5.74) is 1.74. The number of hydrogen-bond donors (Lipinski definition) is 2. The largest absolute Gasteiger partial charge is 0.493 e. The number of ether oxygens (including phenoxy) is 3. The van der Waals surface area contributed by atoms with E-state index < -0.39 is 10.0 Å². The highest BCUT2D eigenvalue weighted by Crippen LogP contribution is 2.30. The molecule has 0 unspecified atom stereocenters. The summed E-state index contributed by atoms with van der Waals surface area (Å²) in [5.74, 6) is 0.245. The van der Waals surface area contributed by atoms with E-state index in [1.54, 1.807) is 48.6 Å². The third-order valence-corrected chi connectivity index (χ3v) is 6.33. The molecule has 0 bridgehead atoms. The van der Waals surface area contributed by atoms with E-state index in [0.717, 1.165) is 5.56 Å². The van der Waals surface area contributed by atoms with Crippen LogP contribution in [-0.4, -0.2) is 41.7 Å². The second-order valence-electron chi connectivity index (χ2n) is 7.57. The summed E-state index contributed by atoms with van der Waals surface area (Å²) in [6, 6.07) is 16.9. The molecule has 0 heterocycles. The number of hydrogen-bond acceptors (Lipinski definition) is 6. The van der Waals surface area contributed by atoms with Gasteiger partial charge in [-0.1, -0.05) is 36.4 Å². The molecule has 3 aromatic carbocycles. The highest BCUT2D eigenvalue weighted by atomic mass is 32.2. The SMILES string of the molecule is COc1ccc(NS(=O)(=O)c2cccc(C=CCNC(=O)COCc3ccc(F)cc3)c2)cc1OC. The van der Waals surface area contributed by atoms with Gasteiger partial charge in [-0.25, -0.2) is 12.8 Å². The summed E-state index contributed by atoms with van der Waals surface area (Å²) >= 11 is 0. The highest BCUT2D eigenvalue weighted by Gasteiger charge is 2.16. The molecule has 0 aliphatic heterocycles. The van der Waals surface area contributed by atoms with Gasteiger partial charge in [0.15, 0.2) is 11.5 Å². The van der Waals surface area contributed by atoms with E-state index in [9.17, 15) is 17.6 Å². The number of rotatable bonds is 12. The van der Waals surface area contributed by atoms with Crippen LogP contribution < -0.4 is 19.5 Å². The fourth-order valence-corrected chi connectivity index (χ4v) is 4.26. The molecule has 190 valence electrons. The van der Waals surface area contributed by atoms with Gasteiger partial charge in [0.2, 0.25) is 5.91 Å². The second-order valence-corrected chi connectivity index (χ2v) is 9.26. The van der Waals surface area contributed by atoms with Crippen LogP contribution in [0.3, 0.4) is 0 Å². The van der Waals surface area contributed by atoms with Gasteiger partial charge in [0.1, 0.15) is 12.4 Å². The van der Waals surface area contributed by atoms with Crippen molar-refractivity contribution in [2.24, 2.45) is 0 Å². The van der Waals surface area contributed by atoms with Crippen LogP contribution >= 0.6 is 0 Å². The van der Waals surface area contributed by atoms with Gasteiger partial charge in [0.25, 0.3) is 10.0 Å². The average molecular weight is 515 g/mol. The maximum Gasteiger partial charge on any atom is 0.261 e. The minimum absolute atomic E-state index is 0.0812. The molecule has 0 aliphatic carbocycles. The molecule has 8 nitrogen and oxygen atoms in total. The summed E-state index contributed by atoms with van der Waals surface area (Å²) in [5, 5.41) is 2.68. The summed E-state index contributed by atoms with van der Waals surface area (Å²) < 4.78 is 56.8. The first-order chi connectivity index (χ1) is 17.3. The van der Waals surface area contributed by atoms with Crippen LogP contribution in [0.25, 0.3) is 6.08 Å². The van der Waals surface area contributed by atoms with E-state index in [0.29, 0.717) is 22.7 Å². The van der Waals surface area contributed by atoms with Crippen LogP contribution in [-0.2, 0) is 26.2 Å². The number of nitrogens with one attached hydrogen (secondary N) is 2. The second kappa shape index (κ2) is 12.7. The number of methoxy groups -OCH3 is 2. The first-order valence-corrected chi connectivity index (χ1v) is 12.4. The number of anilines is 1. The zero-order valence-electron chi connectivity index (χ0n) is 19.9. The van der Waals surface area contributed by atoms with Crippen molar-refractivity contribution in [3.63, 3.8) is 0 Å². The van der Waals surface area contributed by atoms with Gasteiger partial charge in [-0.15, -0.1) is 0 Å². The molecular weight excluding hydrogens is 487 g/mol. The van der Waals surface area contributed by atoms with Gasteiger partial charge in [-0.2, -0.15) is 0 Å². The zero-order chi connectivity index (χ0) is 26.0. The molecule has 10 heteroatoms. The average Bonchev–Trinajstić information content (AvgIpc) is 2.87. The Morgan fingerprint density at radius 1 is 0.972 bits per heavy atom. The minimum atomic E-state index is -3.85. The number of sulfonamides is 1. The highest BCUT2D eigenvalue weighted by molar-refractivity contribution is 7.92. The Kier molecular flexibility index (Phi) is 9.43. The van der Waals surface area contributed by atoms with Crippen LogP contribution in [0.1, 0.15) is 11.1 Å². The fraction of sp³-hybridized carbons (Fsp3) is 0.192. The van der Waals surface area contributed by atoms with E-state index in [-0.39, 0.29) is 36.4 Å². The van der Waals surface area contributed by atoms with Gasteiger partial charge in [0, 0.05) is 12.6 Å². The molecule has 0 radical (unpaired) electrons. The lowest BCUT2D eigenvalue weighted by Gasteiger charge is -2.12. The van der Waals surface area contributed by atoms with Crippen LogP contribution in [0.4, 0.5) is 10.1 Å². The maximum atomic E-state index is 12.9. The maximum absolute atomic E-state index is 12.9. The standard InChI is InChI=1S/C26H27FN2O6S/c1-33-24-13-12-22(16-25(24)34-2)29-36(31,32)23-7-3-5-19(15-23)6-4-14-28-26(30)18-35-17-20-8-10-21(27)11-9-20/h3-13,15-16,29H,14,17-18H2,1-2H3,(H,28,30). The Morgan fingerprint density at radius 2 is 1.72 bits per heavy atom. The monoisotopic (exact) mass is 514 g/mol. The lowest BCUT2D eigenvalue weighted by Crippen LogP contribution is -2.27. The van der Waals surface area contributed by atoms with Crippen LogP contribution in [0, 0.1) is 5.82 Å². The molecule has 36 heavy (non-hydrogen) atoms. The molecule has 3 aromatic rings. The summed E-state index contributed by atoms with van der Waals surface area (Å²) in [6.45, 7) is 0.294. The molecule has 2 N–H and O–H groups in total. The Hall–Kier alpha value is -3.89. The van der Waals surface area contributed by atoms with E-state index in [2.05, 4.69) is 10.0 Å². The number of amides is 1. The molecule has 0 aliphatic rings. The molecule has 0 spiro atoms. The first-order valence-electron chi connectivity index (χ1n) is 10.9. The molecule has 0 saturated carbocycles. The van der Waals surface area contributed by atoms with Crippen molar-refractivity contribution in [3.8, 4) is 11.5 Å². The number of carbonyl (C=O) groups is 1. The Bertz CT molecular complexity index is 1310. The molecule has 0 aromatic heterocycles. The first kappa shape index (κ1) is 26.7. The predicted molar refractivity (Wildman–Crippen MR) is 135 cm³/mol. The van der Waals surface area contributed by atoms with Crippen molar-refractivity contribution < 1.29 is 31.8 Å². The van der Waals surface area contributed by atoms with E-state index in [1.807, 2.05) is 0 Å². The molecular formula is C26H27FN2O6S. The Balaban J connectivity index is 1.51. The molecule has 0 saturated heterocycles. The number of carbonyl (C=O) groups excluding carboxylic acids is 1. The van der Waals surface area contributed by atoms with Crippen molar-refractivity contribution in [3.05, 3.63) is 89.8 Å². The van der Waals surface area contributed by atoms with Crippen LogP contribution in [0.2, 0.25) is 0 Å². The lowest BCUT2D eigenvalue weighted by atomic mass is 10.2. The third kappa shape index (κ3) is 7.82. The van der Waals surface area contributed by atoms with Gasteiger partial charge in [-0.05, 0) is 47.5 Å². The van der Waals surface area contributed by atoms with E-state index in [1.165, 1.54) is 44.6 Å². The van der Waals surface area contributed by atoms with Gasteiger partial charge < -0.3 is 19.5 Å². The third-order valence-electron chi connectivity index (χ3n) is 4.95. The Labute approximate surface area is 209 Å². The smallest absolute Gasteiger partial charge is 0.261 e. The summed E-state index contributed by atoms with van der Waals surface area (Å²) in [7, 11) is -0.884. The van der Waals surface area contributed by atoms with E-state index >= 15 is 0 Å². The number of benzene rings is 3. The van der Waals surface area contributed by atoms with Crippen molar-refractivity contribution in [1.82, 2.24) is 5.32 Å². The van der Waals surface area contributed by atoms with Crippen molar-refractivity contribution in [1.29, 1.82) is 0 Å². The van der Waals surface area contributed by atoms with Gasteiger partial charge in [-0.3, -0.25) is 9.52 Å². The molecule has 1 amide bonds. The van der Waals surface area contributed by atoms with Crippen molar-refractivity contribution >= 4 is 27.7 Å². The molecule has 0 fully saturated rings. The summed E-state index contributed by atoms with van der Waals surface area (Å²) in [6.07, 6.45) is 3.40. The fourth-order valence-electron chi connectivity index (χ4n) is 3.16. The quantitative estimate of drug-likeness (QED) is 0.379. The minimum Gasteiger partial charge on any atom is -0.493 e. The van der Waals surface area contributed by atoms with Gasteiger partial charge >= 0.3 is 0 Å². The summed E-state index contributed by atoms with van der Waals surface area (Å²) in [4.78, 5) is 12.0. The topological polar surface area (TPSA) is 103 Å². The Morgan fingerprint density at radius 3 is 2.44 bits per heavy atom. The van der Waals surface area contributed by atoms with Crippen LogP contribution in [0.15, 0.2) is 77.7 Å². The zero-order valence-corrected chi connectivity index (χ0v) is 20.7. The number of halogens is 1. The molecule has 3 rings (SSSR count). The molecule has 0 atom stereocenters. The van der Waals surface area contributed by atoms with E-state index in [4.69, 9.17) is 14.2 Å². The van der Waals surface area contributed by atoms with Crippen LogP contribution in [0.5, 0.6) is 11.5 Å². The van der Waals surface area contributed by atoms with Crippen molar-refractivity contribution in [2.75, 3.05) is 32.1 Å². The van der Waals surface area contributed by atoms with Crippen molar-refractivity contribution in [2.45, 2.75) is 11.5 Å².